The predicted molar refractivity (Wildman–Crippen MR) is 63.3 cm³/mol. The average molecular weight is 205 g/mol. The van der Waals surface area contributed by atoms with Gasteiger partial charge >= 0.3 is 0 Å². The zero-order valence-corrected chi connectivity index (χ0v) is 9.49. The fraction of sp³-hybridized carbons (Fsp3) is 0.538. The molecule has 1 saturated heterocycles. The van der Waals surface area contributed by atoms with Crippen molar-refractivity contribution in [1.82, 2.24) is 0 Å². The highest BCUT2D eigenvalue weighted by atomic mass is 16.5. The van der Waals surface area contributed by atoms with Crippen molar-refractivity contribution >= 4 is 5.69 Å². The van der Waals surface area contributed by atoms with Crippen molar-refractivity contribution in [2.24, 2.45) is 0 Å². The van der Waals surface area contributed by atoms with E-state index in [1.54, 1.807) is 0 Å². The van der Waals surface area contributed by atoms with E-state index in [9.17, 15) is 0 Å². The normalized spacial score (nSPS) is 25.5. The molecule has 0 bridgehead atoms. The molecule has 0 unspecified atom stereocenters. The number of hydrogen-bond donors (Lipinski definition) is 1. The van der Waals surface area contributed by atoms with E-state index in [1.165, 1.54) is 11.3 Å². The van der Waals surface area contributed by atoms with Crippen LogP contribution >= 0.6 is 0 Å². The third kappa shape index (κ3) is 2.51. The van der Waals surface area contributed by atoms with E-state index in [2.05, 4.69) is 43.4 Å². The minimum Gasteiger partial charge on any atom is -0.380 e. The van der Waals surface area contributed by atoms with Gasteiger partial charge < -0.3 is 10.1 Å². The fourth-order valence-electron chi connectivity index (χ4n) is 2.02. The summed E-state index contributed by atoms with van der Waals surface area (Å²) in [5.74, 6) is 0. The number of ether oxygens (including phenoxy) is 1. The summed E-state index contributed by atoms with van der Waals surface area (Å²) >= 11 is 0. The molecule has 0 amide bonds. The lowest BCUT2D eigenvalue weighted by atomic mass is 10.1. The van der Waals surface area contributed by atoms with Gasteiger partial charge in [-0.25, -0.2) is 0 Å². The van der Waals surface area contributed by atoms with Gasteiger partial charge in [-0.3, -0.25) is 0 Å². The Kier molecular flexibility index (Phi) is 3.27. The molecule has 0 spiro atoms. The first kappa shape index (κ1) is 10.5. The summed E-state index contributed by atoms with van der Waals surface area (Å²) in [5.41, 5.74) is 2.60. The molecule has 0 saturated carbocycles. The third-order valence-corrected chi connectivity index (χ3v) is 3.06. The zero-order valence-electron chi connectivity index (χ0n) is 9.49. The quantitative estimate of drug-likeness (QED) is 0.819. The molecule has 2 nitrogen and oxygen atoms in total. The predicted octanol–water partition coefficient (Wildman–Crippen LogP) is 2.84. The van der Waals surface area contributed by atoms with Crippen LogP contribution in [-0.2, 0) is 11.2 Å². The number of nitrogens with one attached hydrogen (secondary N) is 1. The van der Waals surface area contributed by atoms with Crippen molar-refractivity contribution in [2.75, 3.05) is 11.9 Å². The molecule has 82 valence electrons. The van der Waals surface area contributed by atoms with E-state index in [4.69, 9.17) is 4.74 Å². The van der Waals surface area contributed by atoms with E-state index < -0.39 is 0 Å². The largest absolute Gasteiger partial charge is 0.380 e. The summed E-state index contributed by atoms with van der Waals surface area (Å²) in [5, 5.41) is 3.54. The lowest BCUT2D eigenvalue weighted by Gasteiger charge is -2.17. The Morgan fingerprint density at radius 1 is 1.47 bits per heavy atom. The van der Waals surface area contributed by atoms with Crippen molar-refractivity contribution in [3.63, 3.8) is 0 Å². The van der Waals surface area contributed by atoms with Gasteiger partial charge in [-0.1, -0.05) is 19.1 Å². The number of benzene rings is 1. The first-order valence-electron chi connectivity index (χ1n) is 5.76. The van der Waals surface area contributed by atoms with E-state index in [-0.39, 0.29) is 0 Å². The van der Waals surface area contributed by atoms with Crippen LogP contribution in [0.3, 0.4) is 0 Å². The van der Waals surface area contributed by atoms with Crippen molar-refractivity contribution in [2.45, 2.75) is 38.8 Å². The summed E-state index contributed by atoms with van der Waals surface area (Å²) in [4.78, 5) is 0. The molecule has 0 radical (unpaired) electrons. The van der Waals surface area contributed by atoms with Crippen LogP contribution in [0.15, 0.2) is 24.3 Å². The minimum absolute atomic E-state index is 0.329. The van der Waals surface area contributed by atoms with Gasteiger partial charge in [-0.05, 0) is 37.5 Å². The Labute approximate surface area is 91.6 Å². The molecule has 1 heterocycles. The molecular formula is C13H19NO. The Balaban J connectivity index is 2.03. The van der Waals surface area contributed by atoms with Gasteiger partial charge in [-0.15, -0.1) is 0 Å². The third-order valence-electron chi connectivity index (χ3n) is 3.06. The average Bonchev–Trinajstić information content (AvgIpc) is 2.65. The van der Waals surface area contributed by atoms with Crippen LogP contribution in [-0.4, -0.2) is 18.8 Å². The summed E-state index contributed by atoms with van der Waals surface area (Å²) in [7, 11) is 0. The smallest absolute Gasteiger partial charge is 0.0748 e. The Bertz CT molecular complexity index is 324. The van der Waals surface area contributed by atoms with Crippen LogP contribution in [0.5, 0.6) is 0 Å². The van der Waals surface area contributed by atoms with Crippen LogP contribution in [0.4, 0.5) is 5.69 Å². The summed E-state index contributed by atoms with van der Waals surface area (Å²) in [6.07, 6.45) is 2.53. The highest BCUT2D eigenvalue weighted by molar-refractivity contribution is 5.46. The molecular weight excluding hydrogens is 186 g/mol. The number of anilines is 1. The van der Waals surface area contributed by atoms with Crippen molar-refractivity contribution in [3.8, 4) is 0 Å². The minimum atomic E-state index is 0.329. The monoisotopic (exact) mass is 205 g/mol. The SMILES string of the molecule is CCc1cccc(N[C@@H]2CCO[C@@H]2C)c1. The van der Waals surface area contributed by atoms with E-state index in [0.29, 0.717) is 12.1 Å². The maximum atomic E-state index is 5.53. The maximum absolute atomic E-state index is 5.53. The lowest BCUT2D eigenvalue weighted by Crippen LogP contribution is -2.26. The van der Waals surface area contributed by atoms with E-state index in [1.807, 2.05) is 0 Å². The van der Waals surface area contributed by atoms with Gasteiger partial charge in [0.2, 0.25) is 0 Å². The van der Waals surface area contributed by atoms with Gasteiger partial charge in [0.15, 0.2) is 0 Å². The van der Waals surface area contributed by atoms with E-state index in [0.717, 1.165) is 19.4 Å². The Morgan fingerprint density at radius 2 is 2.33 bits per heavy atom. The highest BCUT2D eigenvalue weighted by Gasteiger charge is 2.23. The maximum Gasteiger partial charge on any atom is 0.0748 e. The lowest BCUT2D eigenvalue weighted by molar-refractivity contribution is 0.121. The molecule has 15 heavy (non-hydrogen) atoms. The van der Waals surface area contributed by atoms with Gasteiger partial charge in [0.25, 0.3) is 0 Å². The number of aryl methyl sites for hydroxylation is 1. The topological polar surface area (TPSA) is 21.3 Å². The molecule has 2 rings (SSSR count). The molecule has 2 atom stereocenters. The van der Waals surface area contributed by atoms with Crippen LogP contribution in [0, 0.1) is 0 Å². The van der Waals surface area contributed by atoms with Crippen LogP contribution in [0.1, 0.15) is 25.8 Å². The standard InChI is InChI=1S/C13H19NO/c1-3-11-5-4-6-12(9-11)14-13-7-8-15-10(13)2/h4-6,9-10,13-14H,3,7-8H2,1-2H3/t10-,13-/m1/s1. The molecule has 2 heteroatoms. The highest BCUT2D eigenvalue weighted by Crippen LogP contribution is 2.19. The molecule has 0 aromatic heterocycles. The van der Waals surface area contributed by atoms with Gasteiger partial charge in [0, 0.05) is 12.3 Å². The second-order valence-electron chi connectivity index (χ2n) is 4.17. The van der Waals surface area contributed by atoms with Gasteiger partial charge in [0.05, 0.1) is 12.1 Å². The van der Waals surface area contributed by atoms with Crippen molar-refractivity contribution in [3.05, 3.63) is 29.8 Å². The molecule has 1 N–H and O–H groups in total. The number of rotatable bonds is 3. The van der Waals surface area contributed by atoms with Crippen LogP contribution in [0.25, 0.3) is 0 Å². The summed E-state index contributed by atoms with van der Waals surface area (Å²) in [6, 6.07) is 9.11. The van der Waals surface area contributed by atoms with Crippen molar-refractivity contribution in [1.29, 1.82) is 0 Å². The first-order valence-corrected chi connectivity index (χ1v) is 5.76. The molecule has 1 aromatic carbocycles. The number of hydrogen-bond acceptors (Lipinski definition) is 2. The molecule has 0 aliphatic carbocycles. The van der Waals surface area contributed by atoms with Gasteiger partial charge in [0.1, 0.15) is 0 Å². The molecule has 1 fully saturated rings. The second kappa shape index (κ2) is 4.67. The molecule has 1 aromatic rings. The molecule has 1 aliphatic heterocycles. The molecule has 1 aliphatic rings. The second-order valence-corrected chi connectivity index (χ2v) is 4.17. The Hall–Kier alpha value is -1.02. The van der Waals surface area contributed by atoms with Crippen LogP contribution < -0.4 is 5.32 Å². The summed E-state index contributed by atoms with van der Waals surface area (Å²) in [6.45, 7) is 5.20. The van der Waals surface area contributed by atoms with E-state index >= 15 is 0 Å². The summed E-state index contributed by atoms with van der Waals surface area (Å²) < 4.78 is 5.53. The Morgan fingerprint density at radius 3 is 3.00 bits per heavy atom. The fourth-order valence-corrected chi connectivity index (χ4v) is 2.02. The van der Waals surface area contributed by atoms with Crippen molar-refractivity contribution < 1.29 is 4.74 Å². The van der Waals surface area contributed by atoms with Gasteiger partial charge in [-0.2, -0.15) is 0 Å². The zero-order chi connectivity index (χ0) is 10.7. The first-order chi connectivity index (χ1) is 7.29. The van der Waals surface area contributed by atoms with Crippen LogP contribution in [0.2, 0.25) is 0 Å².